The van der Waals surface area contributed by atoms with Crippen LogP contribution in [0.4, 0.5) is 27.7 Å². The Kier molecular flexibility index (Phi) is 4.89. The number of nitrogens with two attached hydrogens (primary N) is 1. The number of amides is 1. The molecular formula is C21H17FN6O3S. The van der Waals surface area contributed by atoms with Crippen LogP contribution in [-0.4, -0.2) is 31.7 Å². The van der Waals surface area contributed by atoms with Gasteiger partial charge in [-0.05, 0) is 36.4 Å². The van der Waals surface area contributed by atoms with Crippen LogP contribution in [0.15, 0.2) is 53.4 Å². The van der Waals surface area contributed by atoms with Crippen molar-refractivity contribution < 1.29 is 18.7 Å². The fourth-order valence-electron chi connectivity index (χ4n) is 3.74. The van der Waals surface area contributed by atoms with Gasteiger partial charge in [0.1, 0.15) is 5.82 Å². The Morgan fingerprint density at radius 1 is 1.19 bits per heavy atom. The van der Waals surface area contributed by atoms with E-state index in [1.165, 1.54) is 40.9 Å². The number of ether oxygens (including phenoxy) is 1. The molecule has 0 radical (unpaired) electrons. The highest BCUT2D eigenvalue weighted by Gasteiger charge is 2.58. The minimum absolute atomic E-state index is 0.0610. The summed E-state index contributed by atoms with van der Waals surface area (Å²) < 4.78 is 18.6. The highest BCUT2D eigenvalue weighted by Crippen LogP contribution is 2.56. The van der Waals surface area contributed by atoms with E-state index in [2.05, 4.69) is 20.3 Å². The van der Waals surface area contributed by atoms with Crippen LogP contribution < -0.4 is 16.0 Å². The molecular weight excluding hydrogens is 435 g/mol. The third-order valence-electron chi connectivity index (χ3n) is 5.12. The van der Waals surface area contributed by atoms with Crippen molar-refractivity contribution in [1.82, 2.24) is 15.0 Å². The molecule has 2 aromatic carbocycles. The number of fused-ring (bicyclic) bond motifs is 3. The Balaban J connectivity index is 1.33. The van der Waals surface area contributed by atoms with Crippen LogP contribution in [-0.2, 0) is 20.9 Å². The van der Waals surface area contributed by atoms with E-state index in [4.69, 9.17) is 10.5 Å². The SMILES string of the molecule is Nc1nc(COC(=O)[C@]23CCC(=O)N2c2ccccc2S3)nc(Nc2ccc(F)cc2)n1. The van der Waals surface area contributed by atoms with E-state index in [1.54, 1.807) is 0 Å². The van der Waals surface area contributed by atoms with E-state index in [0.29, 0.717) is 17.8 Å². The highest BCUT2D eigenvalue weighted by atomic mass is 32.2. The van der Waals surface area contributed by atoms with Gasteiger partial charge in [-0.2, -0.15) is 15.0 Å². The number of carbonyl (C=O) groups excluding carboxylic acids is 2. The number of nitrogen functional groups attached to an aromatic ring is 1. The highest BCUT2D eigenvalue weighted by molar-refractivity contribution is 8.02. The van der Waals surface area contributed by atoms with Crippen molar-refractivity contribution in [3.8, 4) is 0 Å². The maximum atomic E-state index is 13.1. The van der Waals surface area contributed by atoms with Gasteiger partial charge in [-0.15, -0.1) is 0 Å². The Bertz CT molecular complexity index is 1220. The molecule has 32 heavy (non-hydrogen) atoms. The number of thioether (sulfide) groups is 1. The Morgan fingerprint density at radius 3 is 2.78 bits per heavy atom. The molecule has 9 nitrogen and oxygen atoms in total. The van der Waals surface area contributed by atoms with Gasteiger partial charge in [-0.25, -0.2) is 9.18 Å². The number of benzene rings is 2. The van der Waals surface area contributed by atoms with E-state index >= 15 is 0 Å². The average Bonchev–Trinajstić information content (AvgIpc) is 3.29. The summed E-state index contributed by atoms with van der Waals surface area (Å²) in [6.45, 7) is -0.246. The van der Waals surface area contributed by atoms with E-state index < -0.39 is 10.8 Å². The molecule has 1 aromatic heterocycles. The lowest BCUT2D eigenvalue weighted by molar-refractivity contribution is -0.148. The second kappa shape index (κ2) is 7.75. The number of rotatable bonds is 5. The van der Waals surface area contributed by atoms with Crippen molar-refractivity contribution >= 4 is 46.9 Å². The minimum Gasteiger partial charge on any atom is -0.455 e. The second-order valence-corrected chi connectivity index (χ2v) is 8.54. The zero-order valence-electron chi connectivity index (χ0n) is 16.6. The van der Waals surface area contributed by atoms with E-state index in [9.17, 15) is 14.0 Å². The number of nitrogens with zero attached hydrogens (tertiary/aromatic N) is 4. The molecule has 3 aromatic rings. The number of esters is 1. The normalized spacial score (nSPS) is 18.9. The summed E-state index contributed by atoms with van der Waals surface area (Å²) in [6, 6.07) is 13.0. The zero-order valence-corrected chi connectivity index (χ0v) is 17.4. The molecule has 1 amide bonds. The summed E-state index contributed by atoms with van der Waals surface area (Å²) in [5, 5.41) is 2.90. The molecule has 11 heteroatoms. The average molecular weight is 452 g/mol. The van der Waals surface area contributed by atoms with Crippen LogP contribution in [0.5, 0.6) is 0 Å². The molecule has 2 aliphatic heterocycles. The summed E-state index contributed by atoms with van der Waals surface area (Å²) >= 11 is 1.32. The Labute approximate surface area is 186 Å². The van der Waals surface area contributed by atoms with Crippen molar-refractivity contribution in [1.29, 1.82) is 0 Å². The lowest BCUT2D eigenvalue weighted by Crippen LogP contribution is -2.47. The van der Waals surface area contributed by atoms with E-state index in [0.717, 1.165) is 4.90 Å². The zero-order chi connectivity index (χ0) is 22.3. The van der Waals surface area contributed by atoms with Crippen molar-refractivity contribution in [3.05, 3.63) is 60.2 Å². The van der Waals surface area contributed by atoms with E-state index in [1.807, 2.05) is 24.3 Å². The van der Waals surface area contributed by atoms with Crippen molar-refractivity contribution in [2.24, 2.45) is 0 Å². The standard InChI is InChI=1S/C21H17FN6O3S/c22-12-5-7-13(8-6-12)24-20-26-16(25-19(23)27-20)11-31-18(30)21-10-9-17(29)28(21)14-3-1-2-4-15(14)32-21/h1-8H,9-11H2,(H3,23,24,25,26,27)/t21-/m1/s1. The van der Waals surface area contributed by atoms with Gasteiger partial charge in [-0.1, -0.05) is 23.9 Å². The van der Waals surface area contributed by atoms with Gasteiger partial charge in [0, 0.05) is 23.4 Å². The van der Waals surface area contributed by atoms with Crippen LogP contribution in [0.2, 0.25) is 0 Å². The van der Waals surface area contributed by atoms with E-state index in [-0.39, 0.29) is 42.5 Å². The van der Waals surface area contributed by atoms with Gasteiger partial charge in [0.05, 0.1) is 5.69 Å². The number of carbonyl (C=O) groups is 2. The van der Waals surface area contributed by atoms with Gasteiger partial charge in [-0.3, -0.25) is 9.69 Å². The van der Waals surface area contributed by atoms with Gasteiger partial charge >= 0.3 is 5.97 Å². The monoisotopic (exact) mass is 452 g/mol. The third-order valence-corrected chi connectivity index (χ3v) is 6.58. The van der Waals surface area contributed by atoms with Crippen LogP contribution in [0.3, 0.4) is 0 Å². The number of halogens is 1. The van der Waals surface area contributed by atoms with Crippen LogP contribution in [0.25, 0.3) is 0 Å². The molecule has 1 saturated heterocycles. The number of hydrogen-bond donors (Lipinski definition) is 2. The van der Waals surface area contributed by atoms with Crippen LogP contribution >= 0.6 is 11.8 Å². The fourth-order valence-corrected chi connectivity index (χ4v) is 5.15. The maximum absolute atomic E-state index is 13.1. The molecule has 3 N–H and O–H groups in total. The third kappa shape index (κ3) is 3.50. The van der Waals surface area contributed by atoms with Gasteiger partial charge in [0.15, 0.2) is 17.3 Å². The smallest absolute Gasteiger partial charge is 0.343 e. The summed E-state index contributed by atoms with van der Waals surface area (Å²) in [4.78, 5) is 39.1. The van der Waals surface area contributed by atoms with Crippen molar-refractivity contribution in [3.63, 3.8) is 0 Å². The molecule has 0 bridgehead atoms. The number of anilines is 4. The van der Waals surface area contributed by atoms with Crippen LogP contribution in [0.1, 0.15) is 18.7 Å². The molecule has 1 fully saturated rings. The molecule has 0 aliphatic carbocycles. The first kappa shape index (κ1) is 20.2. The van der Waals surface area contributed by atoms with Crippen molar-refractivity contribution in [2.45, 2.75) is 29.2 Å². The number of nitrogens with one attached hydrogen (secondary N) is 1. The number of para-hydroxylation sites is 1. The molecule has 3 heterocycles. The summed E-state index contributed by atoms with van der Waals surface area (Å²) in [5.74, 6) is -0.818. The second-order valence-electron chi connectivity index (χ2n) is 7.22. The largest absolute Gasteiger partial charge is 0.455 e. The Morgan fingerprint density at radius 2 is 1.97 bits per heavy atom. The fraction of sp³-hybridized carbons (Fsp3) is 0.190. The number of hydrogen-bond acceptors (Lipinski definition) is 9. The van der Waals surface area contributed by atoms with Gasteiger partial charge in [0.2, 0.25) is 17.8 Å². The molecule has 1 atom stereocenters. The summed E-state index contributed by atoms with van der Waals surface area (Å²) in [7, 11) is 0. The topological polar surface area (TPSA) is 123 Å². The number of aromatic nitrogens is 3. The summed E-state index contributed by atoms with van der Waals surface area (Å²) in [6.07, 6.45) is 0.613. The minimum atomic E-state index is -1.13. The molecule has 5 rings (SSSR count). The van der Waals surface area contributed by atoms with Gasteiger partial charge in [0.25, 0.3) is 0 Å². The predicted octanol–water partition coefficient (Wildman–Crippen LogP) is 3.01. The lowest BCUT2D eigenvalue weighted by Gasteiger charge is -2.28. The maximum Gasteiger partial charge on any atom is 0.343 e. The first-order chi connectivity index (χ1) is 15.4. The molecule has 0 unspecified atom stereocenters. The van der Waals surface area contributed by atoms with Crippen molar-refractivity contribution in [2.75, 3.05) is 16.0 Å². The molecule has 2 aliphatic rings. The van der Waals surface area contributed by atoms with Crippen LogP contribution in [0, 0.1) is 5.82 Å². The summed E-state index contributed by atoms with van der Waals surface area (Å²) in [5.41, 5.74) is 7.04. The molecule has 162 valence electrons. The first-order valence-corrected chi connectivity index (χ1v) is 10.6. The Hall–Kier alpha value is -3.73. The predicted molar refractivity (Wildman–Crippen MR) is 115 cm³/mol. The molecule has 0 saturated carbocycles. The quantitative estimate of drug-likeness (QED) is 0.562. The lowest BCUT2D eigenvalue weighted by atomic mass is 10.2. The molecule has 0 spiro atoms. The van der Waals surface area contributed by atoms with Gasteiger partial charge < -0.3 is 15.8 Å². The first-order valence-electron chi connectivity index (χ1n) is 9.76.